The highest BCUT2D eigenvalue weighted by molar-refractivity contribution is 6.31. The Kier molecular flexibility index (Phi) is 9.86. The molecule has 0 spiro atoms. The largest absolute Gasteiger partial charge is 0.352 e. The average molecular weight is 495 g/mol. The zero-order valence-corrected chi connectivity index (χ0v) is 21.0. The molecule has 6 heteroatoms. The summed E-state index contributed by atoms with van der Waals surface area (Å²) in [5.41, 5.74) is 2.60. The van der Waals surface area contributed by atoms with Crippen molar-refractivity contribution in [3.63, 3.8) is 0 Å². The van der Waals surface area contributed by atoms with Crippen LogP contribution in [-0.2, 0) is 29.0 Å². The normalized spacial score (nSPS) is 12.6. The van der Waals surface area contributed by atoms with Crippen molar-refractivity contribution in [3.8, 4) is 0 Å². The minimum Gasteiger partial charge on any atom is -0.352 e. The van der Waals surface area contributed by atoms with Gasteiger partial charge in [-0.1, -0.05) is 79.2 Å². The summed E-state index contributed by atoms with van der Waals surface area (Å²) < 4.78 is 13.5. The molecule has 1 N–H and O–H groups in total. The molecule has 0 bridgehead atoms. The summed E-state index contributed by atoms with van der Waals surface area (Å²) in [6.07, 6.45) is 1.82. The van der Waals surface area contributed by atoms with Gasteiger partial charge in [0.1, 0.15) is 11.9 Å². The summed E-state index contributed by atoms with van der Waals surface area (Å²) in [6, 6.07) is 22.4. The number of nitrogens with zero attached hydrogens (tertiary/aromatic N) is 1. The fraction of sp³-hybridized carbons (Fsp3) is 0.310. The lowest BCUT2D eigenvalue weighted by Crippen LogP contribution is -2.52. The second-order valence-corrected chi connectivity index (χ2v) is 9.17. The predicted octanol–water partition coefficient (Wildman–Crippen LogP) is 5.97. The number of carbonyl (C=O) groups is 2. The van der Waals surface area contributed by atoms with Crippen molar-refractivity contribution < 1.29 is 14.0 Å². The third-order valence-electron chi connectivity index (χ3n) is 6.10. The molecule has 2 atom stereocenters. The van der Waals surface area contributed by atoms with Gasteiger partial charge in [-0.3, -0.25) is 9.59 Å². The molecule has 0 saturated carbocycles. The molecule has 0 aliphatic rings. The lowest BCUT2D eigenvalue weighted by molar-refractivity contribution is -0.141. The van der Waals surface area contributed by atoms with E-state index in [0.717, 1.165) is 23.1 Å². The quantitative estimate of drug-likeness (QED) is 0.357. The summed E-state index contributed by atoms with van der Waals surface area (Å²) in [5, 5.41) is 3.66. The molecule has 0 saturated heterocycles. The van der Waals surface area contributed by atoms with E-state index in [2.05, 4.69) is 5.32 Å². The van der Waals surface area contributed by atoms with Gasteiger partial charge >= 0.3 is 0 Å². The van der Waals surface area contributed by atoms with Gasteiger partial charge in [0, 0.05) is 30.5 Å². The lowest BCUT2D eigenvalue weighted by atomic mass is 10.0. The van der Waals surface area contributed by atoms with E-state index < -0.39 is 6.04 Å². The standard InChI is InChI=1S/C29H32ClFN2O2/c1-3-21(2)32-29(35)27(19-22-9-5-4-6-10-22)33(20-23-13-16-25(31)17-14-23)28(34)18-15-24-11-7-8-12-26(24)30/h4-14,16-17,21,27H,3,15,18-20H2,1-2H3,(H,32,35). The lowest BCUT2D eigenvalue weighted by Gasteiger charge is -2.32. The number of halogens is 2. The molecule has 3 rings (SSSR count). The highest BCUT2D eigenvalue weighted by Crippen LogP contribution is 2.20. The molecule has 0 aliphatic heterocycles. The van der Waals surface area contributed by atoms with Crippen LogP contribution in [0.3, 0.4) is 0 Å². The van der Waals surface area contributed by atoms with Crippen LogP contribution in [0.4, 0.5) is 4.39 Å². The van der Waals surface area contributed by atoms with Crippen LogP contribution in [-0.4, -0.2) is 28.8 Å². The van der Waals surface area contributed by atoms with Gasteiger partial charge < -0.3 is 10.2 Å². The monoisotopic (exact) mass is 494 g/mol. The van der Waals surface area contributed by atoms with E-state index in [4.69, 9.17) is 11.6 Å². The maximum absolute atomic E-state index is 13.6. The number of hydrogen-bond donors (Lipinski definition) is 1. The van der Waals surface area contributed by atoms with Gasteiger partial charge in [0.25, 0.3) is 0 Å². The highest BCUT2D eigenvalue weighted by Gasteiger charge is 2.30. The van der Waals surface area contributed by atoms with Crippen molar-refractivity contribution in [2.24, 2.45) is 0 Å². The van der Waals surface area contributed by atoms with E-state index in [9.17, 15) is 14.0 Å². The summed E-state index contributed by atoms with van der Waals surface area (Å²) in [6.45, 7) is 4.15. The van der Waals surface area contributed by atoms with Crippen LogP contribution in [0.1, 0.15) is 43.4 Å². The van der Waals surface area contributed by atoms with E-state index in [0.29, 0.717) is 17.9 Å². The molecule has 2 unspecified atom stereocenters. The molecule has 0 radical (unpaired) electrons. The molecule has 0 aliphatic carbocycles. The van der Waals surface area contributed by atoms with Gasteiger partial charge in [-0.05, 0) is 54.7 Å². The van der Waals surface area contributed by atoms with Crippen molar-refractivity contribution in [2.75, 3.05) is 0 Å². The molecule has 2 amide bonds. The van der Waals surface area contributed by atoms with E-state index in [1.165, 1.54) is 12.1 Å². The summed E-state index contributed by atoms with van der Waals surface area (Å²) >= 11 is 6.30. The Morgan fingerprint density at radius 1 is 0.943 bits per heavy atom. The molecule has 3 aromatic rings. The van der Waals surface area contributed by atoms with Gasteiger partial charge in [0.15, 0.2) is 0 Å². The van der Waals surface area contributed by atoms with E-state index in [1.54, 1.807) is 23.1 Å². The Balaban J connectivity index is 1.91. The molecular weight excluding hydrogens is 463 g/mol. The Morgan fingerprint density at radius 2 is 1.60 bits per heavy atom. The van der Waals surface area contributed by atoms with Crippen LogP contribution in [0.5, 0.6) is 0 Å². The minimum atomic E-state index is -0.713. The Bertz CT molecular complexity index is 1110. The maximum atomic E-state index is 13.6. The van der Waals surface area contributed by atoms with E-state index in [1.807, 2.05) is 62.4 Å². The topological polar surface area (TPSA) is 49.4 Å². The van der Waals surface area contributed by atoms with Crippen molar-refractivity contribution in [1.82, 2.24) is 10.2 Å². The fourth-order valence-electron chi connectivity index (χ4n) is 3.87. The predicted molar refractivity (Wildman–Crippen MR) is 139 cm³/mol. The summed E-state index contributed by atoms with van der Waals surface area (Å²) in [7, 11) is 0. The SMILES string of the molecule is CCC(C)NC(=O)C(Cc1ccccc1)N(Cc1ccc(F)cc1)C(=O)CCc1ccccc1Cl. The smallest absolute Gasteiger partial charge is 0.243 e. The zero-order valence-electron chi connectivity index (χ0n) is 20.2. The van der Waals surface area contributed by atoms with Crippen molar-refractivity contribution in [2.45, 2.75) is 58.2 Å². The Morgan fingerprint density at radius 3 is 2.26 bits per heavy atom. The zero-order chi connectivity index (χ0) is 25.2. The second-order valence-electron chi connectivity index (χ2n) is 8.76. The average Bonchev–Trinajstić information content (AvgIpc) is 2.87. The van der Waals surface area contributed by atoms with Crippen LogP contribution < -0.4 is 5.32 Å². The second kappa shape index (κ2) is 13.1. The number of aryl methyl sites for hydroxylation is 1. The third-order valence-corrected chi connectivity index (χ3v) is 6.47. The summed E-state index contributed by atoms with van der Waals surface area (Å²) in [5.74, 6) is -0.702. The first-order valence-electron chi connectivity index (χ1n) is 12.0. The fourth-order valence-corrected chi connectivity index (χ4v) is 4.10. The van der Waals surface area contributed by atoms with Gasteiger partial charge in [0.2, 0.25) is 11.8 Å². The molecule has 4 nitrogen and oxygen atoms in total. The van der Waals surface area contributed by atoms with Crippen molar-refractivity contribution in [1.29, 1.82) is 0 Å². The van der Waals surface area contributed by atoms with Gasteiger partial charge in [-0.25, -0.2) is 4.39 Å². The highest BCUT2D eigenvalue weighted by atomic mass is 35.5. The first kappa shape index (κ1) is 26.4. The van der Waals surface area contributed by atoms with E-state index >= 15 is 0 Å². The van der Waals surface area contributed by atoms with Crippen LogP contribution in [0.15, 0.2) is 78.9 Å². The van der Waals surface area contributed by atoms with Gasteiger partial charge in [0.05, 0.1) is 0 Å². The number of rotatable bonds is 11. The molecular formula is C29H32ClFN2O2. The first-order chi connectivity index (χ1) is 16.9. The maximum Gasteiger partial charge on any atom is 0.243 e. The number of nitrogens with one attached hydrogen (secondary N) is 1. The molecule has 35 heavy (non-hydrogen) atoms. The molecule has 0 fully saturated rings. The Hall–Kier alpha value is -3.18. The molecule has 3 aromatic carbocycles. The van der Waals surface area contributed by atoms with Crippen molar-refractivity contribution in [3.05, 3.63) is 106 Å². The number of amides is 2. The van der Waals surface area contributed by atoms with E-state index in [-0.39, 0.29) is 36.6 Å². The first-order valence-corrected chi connectivity index (χ1v) is 12.4. The molecule has 0 aromatic heterocycles. The number of hydrogen-bond acceptors (Lipinski definition) is 2. The molecule has 0 heterocycles. The number of carbonyl (C=O) groups excluding carboxylic acids is 2. The summed E-state index contributed by atoms with van der Waals surface area (Å²) in [4.78, 5) is 28.7. The van der Waals surface area contributed by atoms with Gasteiger partial charge in [-0.15, -0.1) is 0 Å². The van der Waals surface area contributed by atoms with Crippen LogP contribution in [0.2, 0.25) is 5.02 Å². The van der Waals surface area contributed by atoms with Crippen LogP contribution in [0, 0.1) is 5.82 Å². The molecule has 184 valence electrons. The Labute approximate surface area is 212 Å². The van der Waals surface area contributed by atoms with Crippen LogP contribution >= 0.6 is 11.6 Å². The number of benzene rings is 3. The van der Waals surface area contributed by atoms with Gasteiger partial charge in [-0.2, -0.15) is 0 Å². The third kappa shape index (κ3) is 7.93. The minimum absolute atomic E-state index is 0.0216. The van der Waals surface area contributed by atoms with Crippen molar-refractivity contribution >= 4 is 23.4 Å². The van der Waals surface area contributed by atoms with Crippen LogP contribution in [0.25, 0.3) is 0 Å².